The number of rotatable bonds is 3. The molecule has 2 aromatic rings. The van der Waals surface area contributed by atoms with Gasteiger partial charge < -0.3 is 5.32 Å². The van der Waals surface area contributed by atoms with Crippen molar-refractivity contribution in [3.8, 4) is 0 Å². The van der Waals surface area contributed by atoms with E-state index in [1.165, 1.54) is 0 Å². The van der Waals surface area contributed by atoms with Crippen molar-refractivity contribution in [2.45, 2.75) is 19.3 Å². The summed E-state index contributed by atoms with van der Waals surface area (Å²) in [5, 5.41) is 9.23. The third kappa shape index (κ3) is 2.33. The zero-order valence-electron chi connectivity index (χ0n) is 9.77. The third-order valence-corrected chi connectivity index (χ3v) is 2.62. The first-order valence-electron chi connectivity index (χ1n) is 5.33. The molecule has 2 heterocycles. The van der Waals surface area contributed by atoms with Crippen LogP contribution in [0, 0.1) is 0 Å². The van der Waals surface area contributed by atoms with Crippen LogP contribution in [0.5, 0.6) is 0 Å². The van der Waals surface area contributed by atoms with Crippen LogP contribution in [0.15, 0.2) is 36.7 Å². The Bertz CT molecular complexity index is 490. The first-order valence-corrected chi connectivity index (χ1v) is 5.33. The highest BCUT2D eigenvalue weighted by Gasteiger charge is 2.31. The molecule has 0 aliphatic rings. The van der Waals surface area contributed by atoms with Crippen LogP contribution in [0.3, 0.4) is 0 Å². The van der Waals surface area contributed by atoms with Crippen LogP contribution in [0.1, 0.15) is 19.5 Å². The standard InChI is InChI=1S/C12H14N4O/c1-12(2,9-5-3-4-7-13-9)11(17)15-10-6-8-14-16-10/h3-8H,1-2H3,(H2,14,15,16,17). The molecule has 0 unspecified atom stereocenters. The molecule has 0 aliphatic carbocycles. The molecule has 0 atom stereocenters. The lowest BCUT2D eigenvalue weighted by molar-refractivity contribution is -0.120. The Labute approximate surface area is 99.3 Å². The van der Waals surface area contributed by atoms with Gasteiger partial charge in [-0.25, -0.2) is 0 Å². The monoisotopic (exact) mass is 230 g/mol. The lowest BCUT2D eigenvalue weighted by Crippen LogP contribution is -2.35. The molecule has 2 aromatic heterocycles. The average Bonchev–Trinajstić information content (AvgIpc) is 2.83. The molecule has 0 aromatic carbocycles. The summed E-state index contributed by atoms with van der Waals surface area (Å²) in [7, 11) is 0. The molecule has 0 saturated carbocycles. The Hall–Kier alpha value is -2.17. The number of anilines is 1. The van der Waals surface area contributed by atoms with Crippen LogP contribution < -0.4 is 5.32 Å². The van der Waals surface area contributed by atoms with E-state index in [-0.39, 0.29) is 5.91 Å². The number of pyridine rings is 1. The number of nitrogens with zero attached hydrogens (tertiary/aromatic N) is 2. The normalized spacial score (nSPS) is 11.2. The maximum Gasteiger partial charge on any atom is 0.237 e. The number of nitrogens with one attached hydrogen (secondary N) is 2. The molecule has 0 radical (unpaired) electrons. The SMILES string of the molecule is CC(C)(C(=O)Nc1ccn[nH]1)c1ccccn1. The Morgan fingerprint density at radius 2 is 2.12 bits per heavy atom. The predicted octanol–water partition coefficient (Wildman–Crippen LogP) is 1.72. The minimum atomic E-state index is -0.688. The molecule has 5 heteroatoms. The second-order valence-electron chi connectivity index (χ2n) is 4.26. The molecule has 0 bridgehead atoms. The molecule has 5 nitrogen and oxygen atoms in total. The summed E-state index contributed by atoms with van der Waals surface area (Å²) in [6, 6.07) is 7.23. The summed E-state index contributed by atoms with van der Waals surface area (Å²) in [6.07, 6.45) is 3.27. The van der Waals surface area contributed by atoms with Gasteiger partial charge in [0.25, 0.3) is 0 Å². The van der Waals surface area contributed by atoms with Gasteiger partial charge in [-0.15, -0.1) is 0 Å². The molecule has 0 fully saturated rings. The van der Waals surface area contributed by atoms with E-state index >= 15 is 0 Å². The van der Waals surface area contributed by atoms with E-state index in [1.54, 1.807) is 18.5 Å². The first kappa shape index (κ1) is 11.3. The Morgan fingerprint density at radius 1 is 1.29 bits per heavy atom. The number of amides is 1. The number of hydrogen-bond acceptors (Lipinski definition) is 3. The van der Waals surface area contributed by atoms with Gasteiger partial charge in [0.05, 0.1) is 17.3 Å². The van der Waals surface area contributed by atoms with Crippen LogP contribution in [-0.2, 0) is 10.2 Å². The fraction of sp³-hybridized carbons (Fsp3) is 0.250. The van der Waals surface area contributed by atoms with Crippen molar-refractivity contribution in [1.82, 2.24) is 15.2 Å². The first-order chi connectivity index (χ1) is 8.10. The Kier molecular flexibility index (Phi) is 2.91. The molecule has 88 valence electrons. The van der Waals surface area contributed by atoms with E-state index in [4.69, 9.17) is 0 Å². The molecular weight excluding hydrogens is 216 g/mol. The van der Waals surface area contributed by atoms with Crippen molar-refractivity contribution in [3.63, 3.8) is 0 Å². The van der Waals surface area contributed by atoms with Crippen molar-refractivity contribution in [2.24, 2.45) is 0 Å². The number of aromatic amines is 1. The van der Waals surface area contributed by atoms with E-state index in [0.717, 1.165) is 5.69 Å². The molecule has 2 N–H and O–H groups in total. The van der Waals surface area contributed by atoms with E-state index in [2.05, 4.69) is 20.5 Å². The Morgan fingerprint density at radius 3 is 2.71 bits per heavy atom. The van der Waals surface area contributed by atoms with Gasteiger partial charge in [0.1, 0.15) is 5.82 Å². The van der Waals surface area contributed by atoms with Crippen molar-refractivity contribution in [3.05, 3.63) is 42.4 Å². The molecule has 0 aliphatic heterocycles. The van der Waals surface area contributed by atoms with Crippen molar-refractivity contribution < 1.29 is 4.79 Å². The highest BCUT2D eigenvalue weighted by Crippen LogP contribution is 2.22. The van der Waals surface area contributed by atoms with Gasteiger partial charge >= 0.3 is 0 Å². The maximum absolute atomic E-state index is 12.1. The summed E-state index contributed by atoms with van der Waals surface area (Å²) in [6.45, 7) is 3.67. The lowest BCUT2D eigenvalue weighted by Gasteiger charge is -2.22. The molecule has 2 rings (SSSR count). The van der Waals surface area contributed by atoms with Crippen LogP contribution in [-0.4, -0.2) is 21.1 Å². The number of H-pyrrole nitrogens is 1. The van der Waals surface area contributed by atoms with Crippen molar-refractivity contribution in [2.75, 3.05) is 5.32 Å². The highest BCUT2D eigenvalue weighted by molar-refractivity contribution is 5.97. The second-order valence-corrected chi connectivity index (χ2v) is 4.26. The Balaban J connectivity index is 2.18. The van der Waals surface area contributed by atoms with Gasteiger partial charge in [0.15, 0.2) is 0 Å². The van der Waals surface area contributed by atoms with Gasteiger partial charge in [-0.2, -0.15) is 5.10 Å². The zero-order chi connectivity index (χ0) is 12.3. The van der Waals surface area contributed by atoms with Crippen LogP contribution >= 0.6 is 0 Å². The molecule has 0 spiro atoms. The predicted molar refractivity (Wildman–Crippen MR) is 64.5 cm³/mol. The van der Waals surface area contributed by atoms with Crippen LogP contribution in [0.2, 0.25) is 0 Å². The van der Waals surface area contributed by atoms with Crippen molar-refractivity contribution >= 4 is 11.7 Å². The summed E-state index contributed by atoms with van der Waals surface area (Å²) in [5.74, 6) is 0.458. The minimum absolute atomic E-state index is 0.125. The quantitative estimate of drug-likeness (QED) is 0.843. The molecule has 0 saturated heterocycles. The molecular formula is C12H14N4O. The van der Waals surface area contributed by atoms with E-state index in [1.807, 2.05) is 32.0 Å². The van der Waals surface area contributed by atoms with Gasteiger partial charge in [-0.05, 0) is 26.0 Å². The molecule has 17 heavy (non-hydrogen) atoms. The van der Waals surface area contributed by atoms with E-state index < -0.39 is 5.41 Å². The second kappa shape index (κ2) is 4.37. The van der Waals surface area contributed by atoms with Crippen LogP contribution in [0.25, 0.3) is 0 Å². The van der Waals surface area contributed by atoms with Gasteiger partial charge in [-0.3, -0.25) is 14.9 Å². The largest absolute Gasteiger partial charge is 0.310 e. The van der Waals surface area contributed by atoms with E-state index in [9.17, 15) is 4.79 Å². The highest BCUT2D eigenvalue weighted by atomic mass is 16.2. The van der Waals surface area contributed by atoms with Gasteiger partial charge in [0, 0.05) is 12.3 Å². The van der Waals surface area contributed by atoms with E-state index in [0.29, 0.717) is 5.82 Å². The number of carbonyl (C=O) groups excluding carboxylic acids is 1. The van der Waals surface area contributed by atoms with Crippen molar-refractivity contribution in [1.29, 1.82) is 0 Å². The summed E-state index contributed by atoms with van der Waals surface area (Å²) >= 11 is 0. The fourth-order valence-corrected chi connectivity index (χ4v) is 1.45. The third-order valence-electron chi connectivity index (χ3n) is 2.62. The summed E-state index contributed by atoms with van der Waals surface area (Å²) in [5.41, 5.74) is 0.0452. The zero-order valence-corrected chi connectivity index (χ0v) is 9.77. The average molecular weight is 230 g/mol. The number of hydrogen-bond donors (Lipinski definition) is 2. The lowest BCUT2D eigenvalue weighted by atomic mass is 9.87. The van der Waals surface area contributed by atoms with Gasteiger partial charge in [0.2, 0.25) is 5.91 Å². The summed E-state index contributed by atoms with van der Waals surface area (Å²) in [4.78, 5) is 16.3. The summed E-state index contributed by atoms with van der Waals surface area (Å²) < 4.78 is 0. The number of carbonyl (C=O) groups is 1. The smallest absolute Gasteiger partial charge is 0.237 e. The maximum atomic E-state index is 12.1. The van der Waals surface area contributed by atoms with Gasteiger partial charge in [-0.1, -0.05) is 6.07 Å². The topological polar surface area (TPSA) is 70.7 Å². The minimum Gasteiger partial charge on any atom is -0.310 e. The van der Waals surface area contributed by atoms with Crippen LogP contribution in [0.4, 0.5) is 5.82 Å². The number of aromatic nitrogens is 3. The molecule has 1 amide bonds. The fourth-order valence-electron chi connectivity index (χ4n) is 1.45.